The Labute approximate surface area is 165 Å². The Morgan fingerprint density at radius 2 is 1.27 bits per heavy atom. The average molecular weight is 424 g/mol. The van der Waals surface area contributed by atoms with Gasteiger partial charge in [-0.1, -0.05) is 18.2 Å². The van der Waals surface area contributed by atoms with Crippen LogP contribution in [0, 0.1) is 0 Å². The summed E-state index contributed by atoms with van der Waals surface area (Å²) >= 11 is 0. The zero-order valence-electron chi connectivity index (χ0n) is 14.8. The highest BCUT2D eigenvalue weighted by Gasteiger charge is 2.36. The van der Waals surface area contributed by atoms with E-state index in [4.69, 9.17) is 9.47 Å². The lowest BCUT2D eigenvalue weighted by Crippen LogP contribution is -2.11. The third-order valence-corrected chi connectivity index (χ3v) is 4.08. The van der Waals surface area contributed by atoms with Crippen LogP contribution < -0.4 is 9.47 Å². The number of benzene rings is 2. The number of para-hydroxylation sites is 2. The molecular weight excluding hydrogens is 414 g/mol. The number of ether oxygens (including phenoxy) is 2. The van der Waals surface area contributed by atoms with Crippen molar-refractivity contribution in [3.63, 3.8) is 0 Å². The van der Waals surface area contributed by atoms with Crippen molar-refractivity contribution in [1.82, 2.24) is 10.2 Å². The first-order valence-corrected chi connectivity index (χ1v) is 8.40. The van der Waals surface area contributed by atoms with Crippen LogP contribution >= 0.6 is 0 Å². The molecule has 3 aromatic rings. The van der Waals surface area contributed by atoms with E-state index in [0.717, 1.165) is 6.08 Å². The number of hydrogen-bond donors (Lipinski definition) is 0. The Balaban J connectivity index is 1.65. The molecule has 1 aliphatic heterocycles. The van der Waals surface area contributed by atoms with Gasteiger partial charge in [-0.25, -0.2) is 0 Å². The third kappa shape index (κ3) is 4.07. The van der Waals surface area contributed by atoms with E-state index < -0.39 is 23.5 Å². The van der Waals surface area contributed by atoms with Crippen molar-refractivity contribution in [1.29, 1.82) is 0 Å². The lowest BCUT2D eigenvalue weighted by atomic mass is 10.0. The van der Waals surface area contributed by atoms with Gasteiger partial charge in [0, 0.05) is 6.07 Å². The fourth-order valence-electron chi connectivity index (χ4n) is 2.70. The van der Waals surface area contributed by atoms with Crippen molar-refractivity contribution < 1.29 is 35.8 Å². The molecule has 0 fully saturated rings. The molecule has 0 amide bonds. The summed E-state index contributed by atoms with van der Waals surface area (Å²) in [5.41, 5.74) is -2.94. The molecule has 10 heteroatoms. The highest BCUT2D eigenvalue weighted by atomic mass is 19.4. The minimum Gasteiger partial charge on any atom is -0.448 e. The molecule has 1 aliphatic rings. The summed E-state index contributed by atoms with van der Waals surface area (Å²) in [7, 11) is 0. The van der Waals surface area contributed by atoms with Gasteiger partial charge in [0.15, 0.2) is 17.2 Å². The molecule has 0 N–H and O–H groups in total. The van der Waals surface area contributed by atoms with Gasteiger partial charge in [0.1, 0.15) is 0 Å². The largest absolute Gasteiger partial charge is 0.448 e. The SMILES string of the molecule is FC(F)(F)c1cc(C=Cc2cc3c(nn2)Oc2ccccc2O3)cc(C(F)(F)F)c1. The van der Waals surface area contributed by atoms with Crippen molar-refractivity contribution in [3.8, 4) is 23.1 Å². The summed E-state index contributed by atoms with van der Waals surface area (Å²) in [4.78, 5) is 0. The predicted octanol–water partition coefficient (Wildman–Crippen LogP) is 6.58. The smallest absolute Gasteiger partial charge is 0.416 e. The number of halogens is 6. The van der Waals surface area contributed by atoms with Crippen molar-refractivity contribution in [2.24, 2.45) is 0 Å². The third-order valence-electron chi connectivity index (χ3n) is 4.08. The van der Waals surface area contributed by atoms with Crippen LogP contribution in [0.1, 0.15) is 22.4 Å². The maximum atomic E-state index is 13.0. The van der Waals surface area contributed by atoms with Gasteiger partial charge < -0.3 is 9.47 Å². The molecule has 4 rings (SSSR count). The maximum Gasteiger partial charge on any atom is 0.416 e. The van der Waals surface area contributed by atoms with Crippen molar-refractivity contribution in [2.45, 2.75) is 12.4 Å². The van der Waals surface area contributed by atoms with E-state index in [1.807, 2.05) is 0 Å². The van der Waals surface area contributed by atoms with E-state index in [2.05, 4.69) is 10.2 Å². The Bertz CT molecular complexity index is 1110. The molecule has 154 valence electrons. The van der Waals surface area contributed by atoms with Gasteiger partial charge in [0.05, 0.1) is 16.8 Å². The van der Waals surface area contributed by atoms with Crippen LogP contribution in [0.3, 0.4) is 0 Å². The highest BCUT2D eigenvalue weighted by Crippen LogP contribution is 2.43. The number of alkyl halides is 6. The van der Waals surface area contributed by atoms with Gasteiger partial charge in [0.2, 0.25) is 0 Å². The zero-order chi connectivity index (χ0) is 21.5. The molecule has 0 radical (unpaired) electrons. The maximum absolute atomic E-state index is 13.0. The molecule has 0 saturated heterocycles. The summed E-state index contributed by atoms with van der Waals surface area (Å²) < 4.78 is 89.0. The van der Waals surface area contributed by atoms with Crippen LogP contribution in [0.4, 0.5) is 26.3 Å². The molecule has 1 aromatic heterocycles. The number of nitrogens with zero attached hydrogens (tertiary/aromatic N) is 2. The monoisotopic (exact) mass is 424 g/mol. The number of fused-ring (bicyclic) bond motifs is 2. The molecule has 0 unspecified atom stereocenters. The fraction of sp³-hybridized carbons (Fsp3) is 0.100. The quantitative estimate of drug-likeness (QED) is 0.341. The van der Waals surface area contributed by atoms with E-state index >= 15 is 0 Å². The van der Waals surface area contributed by atoms with Gasteiger partial charge in [-0.15, -0.1) is 10.2 Å². The van der Waals surface area contributed by atoms with Crippen molar-refractivity contribution >= 4 is 12.2 Å². The van der Waals surface area contributed by atoms with Gasteiger partial charge >= 0.3 is 12.4 Å². The lowest BCUT2D eigenvalue weighted by molar-refractivity contribution is -0.143. The minimum absolute atomic E-state index is 0.0681. The molecule has 0 spiro atoms. The summed E-state index contributed by atoms with van der Waals surface area (Å²) in [6.45, 7) is 0. The van der Waals surface area contributed by atoms with Crippen LogP contribution in [0.25, 0.3) is 12.2 Å². The number of aromatic nitrogens is 2. The van der Waals surface area contributed by atoms with E-state index in [9.17, 15) is 26.3 Å². The van der Waals surface area contributed by atoms with Crippen molar-refractivity contribution in [3.05, 3.63) is 70.9 Å². The van der Waals surface area contributed by atoms with E-state index in [-0.39, 0.29) is 29.0 Å². The first-order valence-electron chi connectivity index (χ1n) is 8.40. The van der Waals surface area contributed by atoms with Crippen LogP contribution in [0.15, 0.2) is 48.5 Å². The molecular formula is C20H10F6N2O2. The summed E-state index contributed by atoms with van der Waals surface area (Å²) in [5, 5.41) is 7.67. The van der Waals surface area contributed by atoms with Crippen molar-refractivity contribution in [2.75, 3.05) is 0 Å². The van der Waals surface area contributed by atoms with Crippen LogP contribution in [-0.2, 0) is 12.4 Å². The van der Waals surface area contributed by atoms with E-state index in [0.29, 0.717) is 23.6 Å². The average Bonchev–Trinajstić information content (AvgIpc) is 2.69. The molecule has 0 aliphatic carbocycles. The first kappa shape index (κ1) is 19.7. The van der Waals surface area contributed by atoms with Gasteiger partial charge in [0.25, 0.3) is 5.88 Å². The van der Waals surface area contributed by atoms with Gasteiger partial charge in [-0.2, -0.15) is 26.3 Å². The summed E-state index contributed by atoms with van der Waals surface area (Å²) in [6.07, 6.45) is -7.53. The normalized spacial score (nSPS) is 13.4. The second-order valence-corrected chi connectivity index (χ2v) is 6.26. The fourth-order valence-corrected chi connectivity index (χ4v) is 2.70. The Kier molecular flexibility index (Phi) is 4.64. The molecule has 0 bridgehead atoms. The number of hydrogen-bond acceptors (Lipinski definition) is 4. The predicted molar refractivity (Wildman–Crippen MR) is 94.0 cm³/mol. The highest BCUT2D eigenvalue weighted by molar-refractivity contribution is 5.70. The minimum atomic E-state index is -4.92. The second kappa shape index (κ2) is 7.05. The van der Waals surface area contributed by atoms with E-state index in [1.54, 1.807) is 24.3 Å². The molecule has 0 saturated carbocycles. The Morgan fingerprint density at radius 1 is 0.667 bits per heavy atom. The molecule has 2 heterocycles. The Morgan fingerprint density at radius 3 is 1.87 bits per heavy atom. The van der Waals surface area contributed by atoms with Crippen LogP contribution in [-0.4, -0.2) is 10.2 Å². The van der Waals surface area contributed by atoms with Crippen LogP contribution in [0.2, 0.25) is 0 Å². The zero-order valence-corrected chi connectivity index (χ0v) is 14.8. The van der Waals surface area contributed by atoms with E-state index in [1.165, 1.54) is 12.1 Å². The molecule has 4 nitrogen and oxygen atoms in total. The number of rotatable bonds is 2. The van der Waals surface area contributed by atoms with Gasteiger partial charge in [-0.3, -0.25) is 0 Å². The molecule has 0 atom stereocenters. The topological polar surface area (TPSA) is 44.2 Å². The Hall–Kier alpha value is -3.56. The second-order valence-electron chi connectivity index (χ2n) is 6.26. The van der Waals surface area contributed by atoms with Crippen LogP contribution in [0.5, 0.6) is 23.1 Å². The standard InChI is InChI=1S/C20H10F6N2O2/c21-19(22,23)12-7-11(8-13(9-12)20(24,25)26)5-6-14-10-17-18(28-27-14)30-16-4-2-1-3-15(16)29-17/h1-10H. The molecule has 30 heavy (non-hydrogen) atoms. The lowest BCUT2D eigenvalue weighted by Gasteiger charge is -2.18. The molecule has 2 aromatic carbocycles. The summed E-state index contributed by atoms with van der Waals surface area (Å²) in [6, 6.07) is 9.51. The van der Waals surface area contributed by atoms with Gasteiger partial charge in [-0.05, 0) is 42.0 Å². The summed E-state index contributed by atoms with van der Waals surface area (Å²) in [5.74, 6) is 1.17. The first-order chi connectivity index (χ1) is 14.1.